The molecule has 1 atom stereocenters. The molecular weight excluding hydrogens is 328 g/mol. The first-order valence-corrected chi connectivity index (χ1v) is 8.70. The van der Waals surface area contributed by atoms with E-state index in [1.54, 1.807) is 0 Å². The Bertz CT molecular complexity index is 981. The van der Waals surface area contributed by atoms with Gasteiger partial charge < -0.3 is 15.6 Å². The van der Waals surface area contributed by atoms with E-state index in [0.717, 1.165) is 6.42 Å². The first-order chi connectivity index (χ1) is 12.6. The summed E-state index contributed by atoms with van der Waals surface area (Å²) >= 11 is 0. The van der Waals surface area contributed by atoms with Crippen molar-refractivity contribution in [2.24, 2.45) is 0 Å². The van der Waals surface area contributed by atoms with Crippen molar-refractivity contribution >= 4 is 22.6 Å². The number of carbonyl (C=O) groups excluding carboxylic acids is 1. The summed E-state index contributed by atoms with van der Waals surface area (Å²) in [5, 5.41) is 6.02. The number of amides is 1. The third kappa shape index (κ3) is 3.91. The van der Waals surface area contributed by atoms with Crippen molar-refractivity contribution in [2.45, 2.75) is 26.3 Å². The predicted octanol–water partition coefficient (Wildman–Crippen LogP) is 2.92. The van der Waals surface area contributed by atoms with Gasteiger partial charge in [-0.05, 0) is 31.5 Å². The molecule has 0 aliphatic rings. The highest BCUT2D eigenvalue weighted by Crippen LogP contribution is 2.24. The summed E-state index contributed by atoms with van der Waals surface area (Å²) in [6.07, 6.45) is 0.874. The van der Waals surface area contributed by atoms with Crippen molar-refractivity contribution in [1.29, 1.82) is 0 Å². The number of H-pyrrole nitrogens is 1. The summed E-state index contributed by atoms with van der Waals surface area (Å²) in [5.74, 6) is -0.0884. The van der Waals surface area contributed by atoms with Crippen LogP contribution in [0.5, 0.6) is 0 Å². The van der Waals surface area contributed by atoms with Gasteiger partial charge in [0.05, 0.1) is 17.6 Å². The van der Waals surface area contributed by atoms with Crippen LogP contribution >= 0.6 is 0 Å². The van der Waals surface area contributed by atoms with E-state index in [2.05, 4.69) is 20.6 Å². The molecule has 6 nitrogen and oxygen atoms in total. The van der Waals surface area contributed by atoms with Crippen LogP contribution in [0.2, 0.25) is 0 Å². The first-order valence-electron chi connectivity index (χ1n) is 8.70. The second-order valence-corrected chi connectivity index (χ2v) is 6.21. The van der Waals surface area contributed by atoms with Crippen LogP contribution in [0.4, 0.5) is 5.69 Å². The zero-order valence-electron chi connectivity index (χ0n) is 14.9. The topological polar surface area (TPSA) is 86.9 Å². The molecule has 26 heavy (non-hydrogen) atoms. The molecule has 3 N–H and O–H groups in total. The minimum atomic E-state index is -0.262. The maximum atomic E-state index is 12.5. The lowest BCUT2D eigenvalue weighted by Crippen LogP contribution is -2.36. The molecule has 0 radical (unpaired) electrons. The van der Waals surface area contributed by atoms with Crippen LogP contribution in [0.25, 0.3) is 22.3 Å². The van der Waals surface area contributed by atoms with Gasteiger partial charge in [-0.3, -0.25) is 9.59 Å². The lowest BCUT2D eigenvalue weighted by atomic mass is 10.1. The van der Waals surface area contributed by atoms with Crippen LogP contribution in [-0.4, -0.2) is 28.5 Å². The normalized spacial score (nSPS) is 11.9. The zero-order valence-corrected chi connectivity index (χ0v) is 14.9. The number of aromatic amines is 1. The van der Waals surface area contributed by atoms with Crippen molar-refractivity contribution in [3.63, 3.8) is 0 Å². The Kier molecular flexibility index (Phi) is 5.31. The maximum absolute atomic E-state index is 12.5. The fourth-order valence-electron chi connectivity index (χ4n) is 2.66. The van der Waals surface area contributed by atoms with Crippen LogP contribution in [0.1, 0.15) is 20.3 Å². The van der Waals surface area contributed by atoms with E-state index in [0.29, 0.717) is 28.0 Å². The third-order valence-electron chi connectivity index (χ3n) is 4.24. The summed E-state index contributed by atoms with van der Waals surface area (Å²) < 4.78 is 0. The number of para-hydroxylation sites is 3. The van der Waals surface area contributed by atoms with Gasteiger partial charge in [0.15, 0.2) is 0 Å². The summed E-state index contributed by atoms with van der Waals surface area (Å²) in [5.41, 5.74) is 2.83. The Labute approximate surface area is 151 Å². The Morgan fingerprint density at radius 3 is 2.69 bits per heavy atom. The highest BCUT2D eigenvalue weighted by molar-refractivity contribution is 5.85. The Morgan fingerprint density at radius 1 is 1.15 bits per heavy atom. The summed E-state index contributed by atoms with van der Waals surface area (Å²) in [6, 6.07) is 14.9. The monoisotopic (exact) mass is 350 g/mol. The lowest BCUT2D eigenvalue weighted by Gasteiger charge is -2.14. The molecule has 1 amide bonds. The smallest absolute Gasteiger partial charge is 0.275 e. The molecule has 2 aromatic carbocycles. The molecule has 0 aliphatic carbocycles. The van der Waals surface area contributed by atoms with Crippen molar-refractivity contribution in [3.8, 4) is 11.3 Å². The maximum Gasteiger partial charge on any atom is 0.275 e. The summed E-state index contributed by atoms with van der Waals surface area (Å²) in [7, 11) is 0. The number of hydrogen-bond acceptors (Lipinski definition) is 4. The molecule has 6 heteroatoms. The van der Waals surface area contributed by atoms with Gasteiger partial charge in [0.1, 0.15) is 5.69 Å². The number of aromatic nitrogens is 2. The largest absolute Gasteiger partial charge is 0.376 e. The van der Waals surface area contributed by atoms with E-state index in [1.165, 1.54) is 0 Å². The molecule has 3 rings (SSSR count). The lowest BCUT2D eigenvalue weighted by molar-refractivity contribution is -0.120. The van der Waals surface area contributed by atoms with E-state index in [-0.39, 0.29) is 24.1 Å². The number of carbonyl (C=O) groups is 1. The van der Waals surface area contributed by atoms with Crippen LogP contribution in [0, 0.1) is 0 Å². The van der Waals surface area contributed by atoms with Gasteiger partial charge in [-0.1, -0.05) is 37.3 Å². The highest BCUT2D eigenvalue weighted by Gasteiger charge is 2.13. The number of hydrogen-bond donors (Lipinski definition) is 3. The van der Waals surface area contributed by atoms with E-state index in [9.17, 15) is 9.59 Å². The molecule has 0 saturated carbocycles. The Balaban J connectivity index is 1.89. The average molecular weight is 350 g/mol. The van der Waals surface area contributed by atoms with Gasteiger partial charge in [0, 0.05) is 17.3 Å². The molecule has 0 saturated heterocycles. The second-order valence-electron chi connectivity index (χ2n) is 6.21. The first kappa shape index (κ1) is 17.7. The second kappa shape index (κ2) is 7.82. The number of nitrogens with zero attached hydrogens (tertiary/aromatic N) is 1. The number of rotatable bonds is 6. The van der Waals surface area contributed by atoms with Crippen LogP contribution < -0.4 is 16.2 Å². The third-order valence-corrected chi connectivity index (χ3v) is 4.24. The SMILES string of the molecule is CCC(C)NC(=O)CNc1ccccc1-c1nc2ccccc2[nH]c1=O. The highest BCUT2D eigenvalue weighted by atomic mass is 16.2. The molecular formula is C20H22N4O2. The molecule has 1 aromatic heterocycles. The molecule has 134 valence electrons. The van der Waals surface area contributed by atoms with Gasteiger partial charge >= 0.3 is 0 Å². The van der Waals surface area contributed by atoms with Crippen molar-refractivity contribution < 1.29 is 4.79 Å². The summed E-state index contributed by atoms with van der Waals surface area (Å²) in [6.45, 7) is 4.11. The van der Waals surface area contributed by atoms with E-state index in [4.69, 9.17) is 0 Å². The quantitative estimate of drug-likeness (QED) is 0.638. The zero-order chi connectivity index (χ0) is 18.5. The van der Waals surface area contributed by atoms with Crippen LogP contribution in [-0.2, 0) is 4.79 Å². The molecule has 0 spiro atoms. The Morgan fingerprint density at radius 2 is 1.88 bits per heavy atom. The molecule has 3 aromatic rings. The minimum Gasteiger partial charge on any atom is -0.376 e. The van der Waals surface area contributed by atoms with Crippen LogP contribution in [0.15, 0.2) is 53.3 Å². The van der Waals surface area contributed by atoms with Crippen molar-refractivity contribution in [3.05, 3.63) is 58.9 Å². The number of nitrogens with one attached hydrogen (secondary N) is 3. The van der Waals surface area contributed by atoms with E-state index < -0.39 is 0 Å². The fraction of sp³-hybridized carbons (Fsp3) is 0.250. The average Bonchev–Trinajstić information content (AvgIpc) is 2.66. The molecule has 0 aliphatic heterocycles. The minimum absolute atomic E-state index is 0.0884. The molecule has 0 bridgehead atoms. The number of benzene rings is 2. The number of anilines is 1. The van der Waals surface area contributed by atoms with Gasteiger partial charge in [-0.25, -0.2) is 4.98 Å². The van der Waals surface area contributed by atoms with Crippen molar-refractivity contribution in [1.82, 2.24) is 15.3 Å². The van der Waals surface area contributed by atoms with Crippen molar-refractivity contribution in [2.75, 3.05) is 11.9 Å². The van der Waals surface area contributed by atoms with Gasteiger partial charge in [-0.15, -0.1) is 0 Å². The van der Waals surface area contributed by atoms with Gasteiger partial charge in [0.2, 0.25) is 5.91 Å². The van der Waals surface area contributed by atoms with E-state index >= 15 is 0 Å². The molecule has 1 heterocycles. The van der Waals surface area contributed by atoms with Gasteiger partial charge in [0.25, 0.3) is 5.56 Å². The van der Waals surface area contributed by atoms with Crippen LogP contribution in [0.3, 0.4) is 0 Å². The van der Waals surface area contributed by atoms with E-state index in [1.807, 2.05) is 62.4 Å². The number of fused-ring (bicyclic) bond motifs is 1. The summed E-state index contributed by atoms with van der Waals surface area (Å²) in [4.78, 5) is 31.9. The molecule has 1 unspecified atom stereocenters. The predicted molar refractivity (Wildman–Crippen MR) is 104 cm³/mol. The fourth-order valence-corrected chi connectivity index (χ4v) is 2.66. The standard InChI is InChI=1S/C20H22N4O2/c1-3-13(2)22-18(25)12-21-15-9-5-4-8-14(15)19-20(26)24-17-11-7-6-10-16(17)23-19/h4-11,13,21H,3,12H2,1-2H3,(H,22,25)(H,24,26). The molecule has 0 fully saturated rings. The Hall–Kier alpha value is -3.15. The van der Waals surface area contributed by atoms with Gasteiger partial charge in [-0.2, -0.15) is 0 Å².